The summed E-state index contributed by atoms with van der Waals surface area (Å²) in [4.78, 5) is 35.1. The minimum absolute atomic E-state index is 0.0366. The van der Waals surface area contributed by atoms with E-state index in [-0.39, 0.29) is 60.0 Å². The molecule has 0 atom stereocenters. The fraction of sp³-hybridized carbons (Fsp3) is 0.688. The van der Waals surface area contributed by atoms with E-state index in [1.54, 1.807) is 6.92 Å². The van der Waals surface area contributed by atoms with E-state index in [4.69, 9.17) is 4.74 Å². The summed E-state index contributed by atoms with van der Waals surface area (Å²) in [5.74, 6) is -0.959. The van der Waals surface area contributed by atoms with Gasteiger partial charge in [-0.25, -0.2) is 0 Å². The van der Waals surface area contributed by atoms with Crippen molar-refractivity contribution in [3.8, 4) is 0 Å². The summed E-state index contributed by atoms with van der Waals surface area (Å²) in [6, 6.07) is 0. The van der Waals surface area contributed by atoms with Crippen LogP contribution in [-0.2, 0) is 19.1 Å². The molecule has 0 radical (unpaired) electrons. The second kappa shape index (κ2) is 7.38. The number of aliphatic hydroxyl groups excluding tert-OH is 1. The highest BCUT2D eigenvalue weighted by atomic mass is 16.5. The molecule has 0 spiro atoms. The molecule has 0 bridgehead atoms. The Morgan fingerprint density at radius 1 is 1.14 bits per heavy atom. The smallest absolute Gasteiger partial charge is 0.305 e. The molecular weight excluding hydrogens is 272 g/mol. The molecule has 1 saturated carbocycles. The lowest BCUT2D eigenvalue weighted by Crippen LogP contribution is -2.32. The summed E-state index contributed by atoms with van der Waals surface area (Å²) in [7, 11) is 0. The average Bonchev–Trinajstić information content (AvgIpc) is 2.32. The third kappa shape index (κ3) is 5.33. The molecule has 118 valence electrons. The first-order valence-corrected chi connectivity index (χ1v) is 7.41. The molecule has 1 aliphatic carbocycles. The van der Waals surface area contributed by atoms with Crippen LogP contribution in [-0.4, -0.2) is 29.2 Å². The molecule has 0 amide bonds. The van der Waals surface area contributed by atoms with Crippen molar-refractivity contribution in [2.24, 2.45) is 5.41 Å². The van der Waals surface area contributed by atoms with E-state index in [9.17, 15) is 19.5 Å². The Morgan fingerprint density at radius 3 is 2.19 bits per heavy atom. The largest absolute Gasteiger partial charge is 0.511 e. The summed E-state index contributed by atoms with van der Waals surface area (Å²) in [5, 5.41) is 9.98. The Kier molecular flexibility index (Phi) is 6.12. The van der Waals surface area contributed by atoms with Crippen molar-refractivity contribution in [3.63, 3.8) is 0 Å². The number of esters is 1. The first-order valence-electron chi connectivity index (χ1n) is 7.41. The number of hydrogen-bond acceptors (Lipinski definition) is 5. The fourth-order valence-corrected chi connectivity index (χ4v) is 2.51. The molecule has 0 heterocycles. The van der Waals surface area contributed by atoms with Crippen LogP contribution < -0.4 is 0 Å². The molecule has 0 aromatic carbocycles. The Bertz CT molecular complexity index is 437. The van der Waals surface area contributed by atoms with Gasteiger partial charge in [0.1, 0.15) is 5.76 Å². The van der Waals surface area contributed by atoms with E-state index in [1.807, 2.05) is 13.8 Å². The molecule has 0 aliphatic heterocycles. The van der Waals surface area contributed by atoms with Crippen molar-refractivity contribution in [2.75, 3.05) is 6.61 Å². The first kappa shape index (κ1) is 17.4. The van der Waals surface area contributed by atoms with Gasteiger partial charge in [-0.15, -0.1) is 0 Å². The van der Waals surface area contributed by atoms with Crippen LogP contribution in [0.2, 0.25) is 0 Å². The summed E-state index contributed by atoms with van der Waals surface area (Å²) in [5.41, 5.74) is -0.368. The highest BCUT2D eigenvalue weighted by molar-refractivity contribution is 6.22. The van der Waals surface area contributed by atoms with Gasteiger partial charge >= 0.3 is 5.97 Å². The fourth-order valence-electron chi connectivity index (χ4n) is 2.51. The number of carbonyl (C=O) groups excluding carboxylic acids is 3. The van der Waals surface area contributed by atoms with Crippen LogP contribution in [0.4, 0.5) is 0 Å². The van der Waals surface area contributed by atoms with Gasteiger partial charge in [0.2, 0.25) is 0 Å². The van der Waals surface area contributed by atoms with Crippen molar-refractivity contribution in [2.45, 2.75) is 59.3 Å². The Morgan fingerprint density at radius 2 is 1.67 bits per heavy atom. The zero-order chi connectivity index (χ0) is 16.0. The zero-order valence-electron chi connectivity index (χ0n) is 13.0. The van der Waals surface area contributed by atoms with Crippen LogP contribution in [0.25, 0.3) is 0 Å². The van der Waals surface area contributed by atoms with Crippen LogP contribution >= 0.6 is 0 Å². The van der Waals surface area contributed by atoms with Gasteiger partial charge in [-0.2, -0.15) is 0 Å². The first-order chi connectivity index (χ1) is 9.76. The molecule has 0 aromatic heterocycles. The highest BCUT2D eigenvalue weighted by Gasteiger charge is 2.37. The molecular formula is C16H24O5. The van der Waals surface area contributed by atoms with Crippen LogP contribution in [0.3, 0.4) is 0 Å². The number of ketones is 2. The molecule has 0 aromatic rings. The van der Waals surface area contributed by atoms with Gasteiger partial charge in [0, 0.05) is 25.7 Å². The van der Waals surface area contributed by atoms with Gasteiger partial charge in [0.05, 0.1) is 12.2 Å². The third-order valence-electron chi connectivity index (χ3n) is 3.47. The van der Waals surface area contributed by atoms with Gasteiger partial charge in [-0.1, -0.05) is 13.8 Å². The topological polar surface area (TPSA) is 80.7 Å². The van der Waals surface area contributed by atoms with Gasteiger partial charge < -0.3 is 9.84 Å². The van der Waals surface area contributed by atoms with E-state index >= 15 is 0 Å². The molecule has 0 unspecified atom stereocenters. The molecule has 21 heavy (non-hydrogen) atoms. The average molecular weight is 296 g/mol. The lowest BCUT2D eigenvalue weighted by atomic mass is 9.73. The second-order valence-electron chi connectivity index (χ2n) is 6.20. The summed E-state index contributed by atoms with van der Waals surface area (Å²) < 4.78 is 4.80. The van der Waals surface area contributed by atoms with E-state index in [1.165, 1.54) is 0 Å². The molecule has 5 heteroatoms. The molecule has 1 aliphatic rings. The maximum Gasteiger partial charge on any atom is 0.305 e. The number of hydrogen-bond donors (Lipinski definition) is 1. The third-order valence-corrected chi connectivity index (χ3v) is 3.47. The van der Waals surface area contributed by atoms with Crippen LogP contribution in [0.1, 0.15) is 59.3 Å². The number of Topliss-reactive ketones (excluding diaryl/α,β-unsaturated/α-hetero) is 2. The second-order valence-corrected chi connectivity index (χ2v) is 6.20. The predicted octanol–water partition coefficient (Wildman–Crippen LogP) is 2.88. The van der Waals surface area contributed by atoms with Gasteiger partial charge in [0.25, 0.3) is 0 Å². The van der Waals surface area contributed by atoms with Crippen LogP contribution in [0.15, 0.2) is 11.3 Å². The lowest BCUT2D eigenvalue weighted by Gasteiger charge is -2.28. The Hall–Kier alpha value is -1.65. The van der Waals surface area contributed by atoms with Crippen molar-refractivity contribution in [1.29, 1.82) is 0 Å². The van der Waals surface area contributed by atoms with Crippen molar-refractivity contribution in [3.05, 3.63) is 11.3 Å². The maximum absolute atomic E-state index is 12.0. The van der Waals surface area contributed by atoms with Crippen molar-refractivity contribution < 1.29 is 24.2 Å². The summed E-state index contributed by atoms with van der Waals surface area (Å²) >= 11 is 0. The number of aliphatic hydroxyl groups is 1. The van der Waals surface area contributed by atoms with Crippen molar-refractivity contribution in [1.82, 2.24) is 0 Å². The lowest BCUT2D eigenvalue weighted by molar-refractivity contribution is -0.143. The van der Waals surface area contributed by atoms with Gasteiger partial charge in [0.15, 0.2) is 11.6 Å². The molecule has 1 fully saturated rings. The van der Waals surface area contributed by atoms with Gasteiger partial charge in [-0.3, -0.25) is 14.4 Å². The monoisotopic (exact) mass is 296 g/mol. The van der Waals surface area contributed by atoms with Crippen LogP contribution in [0.5, 0.6) is 0 Å². The minimum Gasteiger partial charge on any atom is -0.511 e. The normalized spacial score (nSPS) is 17.8. The predicted molar refractivity (Wildman–Crippen MR) is 77.8 cm³/mol. The SMILES string of the molecule is CCOC(=O)CCCCC(O)=C1C(=O)CC(C)(C)CC1=O. The van der Waals surface area contributed by atoms with Crippen LogP contribution in [0, 0.1) is 5.41 Å². The van der Waals surface area contributed by atoms with Crippen molar-refractivity contribution >= 4 is 17.5 Å². The number of carbonyl (C=O) groups is 3. The number of unbranched alkanes of at least 4 members (excludes halogenated alkanes) is 1. The highest BCUT2D eigenvalue weighted by Crippen LogP contribution is 2.34. The number of allylic oxidation sites excluding steroid dienone is 2. The standard InChI is InChI=1S/C16H24O5/c1-4-21-14(20)8-6-5-7-11(17)15-12(18)9-16(2,3)10-13(15)19/h17H,4-10H2,1-3H3. The van der Waals surface area contributed by atoms with E-state index in [2.05, 4.69) is 0 Å². The summed E-state index contributed by atoms with van der Waals surface area (Å²) in [6.45, 7) is 5.84. The van der Waals surface area contributed by atoms with E-state index < -0.39 is 0 Å². The maximum atomic E-state index is 12.0. The van der Waals surface area contributed by atoms with Gasteiger partial charge in [-0.05, 0) is 25.2 Å². The Balaban J connectivity index is 2.53. The quantitative estimate of drug-likeness (QED) is 0.268. The number of rotatable bonds is 6. The van der Waals surface area contributed by atoms with E-state index in [0.717, 1.165) is 0 Å². The molecule has 1 N–H and O–H groups in total. The molecule has 5 nitrogen and oxygen atoms in total. The number of ether oxygens (including phenoxy) is 1. The Labute approximate surface area is 125 Å². The van der Waals surface area contributed by atoms with E-state index in [0.29, 0.717) is 19.4 Å². The molecule has 0 saturated heterocycles. The summed E-state index contributed by atoms with van der Waals surface area (Å²) in [6.07, 6.45) is 2.18. The minimum atomic E-state index is -0.331. The molecule has 1 rings (SSSR count). The zero-order valence-corrected chi connectivity index (χ0v) is 13.0.